The number of pyridine rings is 1. The quantitative estimate of drug-likeness (QED) is 0.851. The third-order valence-corrected chi connectivity index (χ3v) is 2.68. The van der Waals surface area contributed by atoms with Gasteiger partial charge in [-0.05, 0) is 44.7 Å². The molecule has 1 N–H and O–H groups in total. The Morgan fingerprint density at radius 2 is 2.00 bits per heavy atom. The molecule has 1 aromatic heterocycles. The van der Waals surface area contributed by atoms with Crippen molar-refractivity contribution in [3.05, 3.63) is 29.6 Å². The van der Waals surface area contributed by atoms with E-state index in [1.54, 1.807) is 6.07 Å². The van der Waals surface area contributed by atoms with Crippen molar-refractivity contribution < 1.29 is 4.79 Å². The highest BCUT2D eigenvalue weighted by Gasteiger charge is 2.11. The maximum atomic E-state index is 11.9. The van der Waals surface area contributed by atoms with Crippen LogP contribution in [0.1, 0.15) is 49.8 Å². The van der Waals surface area contributed by atoms with Crippen LogP contribution < -0.4 is 5.32 Å². The fraction of sp³-hybridized carbons (Fsp3) is 0.571. The van der Waals surface area contributed by atoms with E-state index in [1.807, 2.05) is 26.0 Å². The highest BCUT2D eigenvalue weighted by molar-refractivity contribution is 5.92. The molecule has 3 nitrogen and oxygen atoms in total. The van der Waals surface area contributed by atoms with Gasteiger partial charge in [-0.2, -0.15) is 0 Å². The Balaban J connectivity index is 2.49. The number of hydrogen-bond acceptors (Lipinski definition) is 2. The Hall–Kier alpha value is -1.38. The number of hydrogen-bond donors (Lipinski definition) is 1. The van der Waals surface area contributed by atoms with Crippen LogP contribution in [0, 0.1) is 12.8 Å². The number of nitrogens with zero attached hydrogens (tertiary/aromatic N) is 1. The van der Waals surface area contributed by atoms with Gasteiger partial charge in [-0.3, -0.25) is 4.79 Å². The molecule has 0 bridgehead atoms. The minimum Gasteiger partial charge on any atom is -0.348 e. The molecule has 17 heavy (non-hydrogen) atoms. The van der Waals surface area contributed by atoms with Gasteiger partial charge in [0.15, 0.2) is 0 Å². The van der Waals surface area contributed by atoms with Crippen LogP contribution in [-0.2, 0) is 0 Å². The Morgan fingerprint density at radius 3 is 2.59 bits per heavy atom. The van der Waals surface area contributed by atoms with Crippen LogP contribution in [0.3, 0.4) is 0 Å². The van der Waals surface area contributed by atoms with Crippen molar-refractivity contribution in [3.63, 3.8) is 0 Å². The van der Waals surface area contributed by atoms with Crippen LogP contribution in [0.15, 0.2) is 18.2 Å². The summed E-state index contributed by atoms with van der Waals surface area (Å²) in [6.45, 7) is 8.31. The molecule has 1 aromatic rings. The predicted octanol–water partition coefficient (Wildman–Crippen LogP) is 2.94. The van der Waals surface area contributed by atoms with E-state index in [2.05, 4.69) is 24.1 Å². The molecule has 0 spiro atoms. The molecule has 1 heterocycles. The van der Waals surface area contributed by atoms with Crippen LogP contribution >= 0.6 is 0 Å². The average Bonchev–Trinajstić information content (AvgIpc) is 2.26. The lowest BCUT2D eigenvalue weighted by molar-refractivity contribution is 0.0932. The van der Waals surface area contributed by atoms with Crippen molar-refractivity contribution in [1.29, 1.82) is 0 Å². The molecular weight excluding hydrogens is 212 g/mol. The normalized spacial score (nSPS) is 12.5. The van der Waals surface area contributed by atoms with Gasteiger partial charge in [0, 0.05) is 11.7 Å². The summed E-state index contributed by atoms with van der Waals surface area (Å²) >= 11 is 0. The molecule has 1 rings (SSSR count). The second kappa shape index (κ2) is 6.38. The number of aryl methyl sites for hydroxylation is 1. The molecule has 0 aliphatic heterocycles. The smallest absolute Gasteiger partial charge is 0.270 e. The summed E-state index contributed by atoms with van der Waals surface area (Å²) in [5.41, 5.74) is 1.37. The highest BCUT2D eigenvalue weighted by Crippen LogP contribution is 2.07. The minimum atomic E-state index is -0.0787. The molecular formula is C14H22N2O. The van der Waals surface area contributed by atoms with Gasteiger partial charge in [0.25, 0.3) is 5.91 Å². The molecule has 0 aromatic carbocycles. The molecule has 0 saturated heterocycles. The Bertz CT molecular complexity index is 374. The lowest BCUT2D eigenvalue weighted by Gasteiger charge is -2.14. The van der Waals surface area contributed by atoms with Crippen molar-refractivity contribution in [2.75, 3.05) is 0 Å². The van der Waals surface area contributed by atoms with Gasteiger partial charge < -0.3 is 5.32 Å². The van der Waals surface area contributed by atoms with Gasteiger partial charge in [0.1, 0.15) is 5.69 Å². The molecule has 1 atom stereocenters. The molecule has 0 aliphatic carbocycles. The first-order valence-electron chi connectivity index (χ1n) is 6.23. The third kappa shape index (κ3) is 4.98. The Morgan fingerprint density at radius 1 is 1.29 bits per heavy atom. The summed E-state index contributed by atoms with van der Waals surface area (Å²) in [6.07, 6.45) is 2.14. The fourth-order valence-electron chi connectivity index (χ4n) is 1.62. The van der Waals surface area contributed by atoms with Gasteiger partial charge in [-0.1, -0.05) is 19.9 Å². The zero-order valence-corrected chi connectivity index (χ0v) is 11.2. The van der Waals surface area contributed by atoms with E-state index in [9.17, 15) is 4.79 Å². The summed E-state index contributed by atoms with van der Waals surface area (Å²) < 4.78 is 0. The topological polar surface area (TPSA) is 42.0 Å². The molecule has 0 radical (unpaired) electrons. The van der Waals surface area contributed by atoms with Crippen LogP contribution in [0.4, 0.5) is 0 Å². The molecule has 1 unspecified atom stereocenters. The monoisotopic (exact) mass is 234 g/mol. The van der Waals surface area contributed by atoms with Gasteiger partial charge in [-0.15, -0.1) is 0 Å². The zero-order chi connectivity index (χ0) is 12.8. The lowest BCUT2D eigenvalue weighted by atomic mass is 10.0. The number of amides is 1. The van der Waals surface area contributed by atoms with Gasteiger partial charge in [0.2, 0.25) is 0 Å². The SMILES string of the molecule is Cc1cccc(C(=O)NC(C)CCC(C)C)n1. The van der Waals surface area contributed by atoms with E-state index in [0.29, 0.717) is 11.6 Å². The number of rotatable bonds is 5. The van der Waals surface area contributed by atoms with Crippen molar-refractivity contribution in [3.8, 4) is 0 Å². The number of nitrogens with one attached hydrogen (secondary N) is 1. The summed E-state index contributed by atoms with van der Waals surface area (Å²) in [5, 5.41) is 2.98. The summed E-state index contributed by atoms with van der Waals surface area (Å²) in [6, 6.07) is 5.69. The highest BCUT2D eigenvalue weighted by atomic mass is 16.1. The maximum absolute atomic E-state index is 11.9. The second-order valence-corrected chi connectivity index (χ2v) is 5.01. The van der Waals surface area contributed by atoms with Crippen LogP contribution in [0.5, 0.6) is 0 Å². The van der Waals surface area contributed by atoms with Crippen molar-refractivity contribution in [2.24, 2.45) is 5.92 Å². The molecule has 0 saturated carbocycles. The summed E-state index contributed by atoms with van der Waals surface area (Å²) in [4.78, 5) is 16.1. The van der Waals surface area contributed by atoms with Crippen molar-refractivity contribution in [2.45, 2.75) is 46.6 Å². The number of carbonyl (C=O) groups excluding carboxylic acids is 1. The number of aromatic nitrogens is 1. The first-order valence-corrected chi connectivity index (χ1v) is 6.23. The second-order valence-electron chi connectivity index (χ2n) is 5.01. The third-order valence-electron chi connectivity index (χ3n) is 2.68. The van der Waals surface area contributed by atoms with Gasteiger partial charge >= 0.3 is 0 Å². The Labute approximate surface area is 104 Å². The van der Waals surface area contributed by atoms with E-state index in [-0.39, 0.29) is 11.9 Å². The standard InChI is InChI=1S/C14H22N2O/c1-10(2)8-9-12(4)16-14(17)13-7-5-6-11(3)15-13/h5-7,10,12H,8-9H2,1-4H3,(H,16,17). The Kier molecular flexibility index (Phi) is 5.13. The first-order chi connectivity index (χ1) is 7.99. The van der Waals surface area contributed by atoms with Crippen LogP contribution in [0.2, 0.25) is 0 Å². The minimum absolute atomic E-state index is 0.0787. The summed E-state index contributed by atoms with van der Waals surface area (Å²) in [5.74, 6) is 0.594. The molecule has 94 valence electrons. The van der Waals surface area contributed by atoms with Gasteiger partial charge in [-0.25, -0.2) is 4.98 Å². The van der Waals surface area contributed by atoms with E-state index in [4.69, 9.17) is 0 Å². The number of carbonyl (C=O) groups is 1. The van der Waals surface area contributed by atoms with E-state index < -0.39 is 0 Å². The predicted molar refractivity (Wildman–Crippen MR) is 70.0 cm³/mol. The van der Waals surface area contributed by atoms with E-state index in [1.165, 1.54) is 0 Å². The molecule has 1 amide bonds. The molecule has 0 aliphatic rings. The largest absolute Gasteiger partial charge is 0.348 e. The summed E-state index contributed by atoms with van der Waals surface area (Å²) in [7, 11) is 0. The van der Waals surface area contributed by atoms with Crippen LogP contribution in [-0.4, -0.2) is 16.9 Å². The van der Waals surface area contributed by atoms with E-state index >= 15 is 0 Å². The maximum Gasteiger partial charge on any atom is 0.270 e. The lowest BCUT2D eigenvalue weighted by Crippen LogP contribution is -2.33. The van der Waals surface area contributed by atoms with Crippen molar-refractivity contribution in [1.82, 2.24) is 10.3 Å². The first kappa shape index (κ1) is 13.7. The fourth-order valence-corrected chi connectivity index (χ4v) is 1.62. The van der Waals surface area contributed by atoms with Crippen LogP contribution in [0.25, 0.3) is 0 Å². The molecule has 3 heteroatoms. The molecule has 0 fully saturated rings. The average molecular weight is 234 g/mol. The van der Waals surface area contributed by atoms with Gasteiger partial charge in [0.05, 0.1) is 0 Å². The zero-order valence-electron chi connectivity index (χ0n) is 11.2. The van der Waals surface area contributed by atoms with Crippen molar-refractivity contribution >= 4 is 5.91 Å². The van der Waals surface area contributed by atoms with E-state index in [0.717, 1.165) is 18.5 Å².